The zero-order valence-electron chi connectivity index (χ0n) is 19.1. The highest BCUT2D eigenvalue weighted by Crippen LogP contribution is 2.49. The highest BCUT2D eigenvalue weighted by atomic mass is 16.2. The zero-order chi connectivity index (χ0) is 21.9. The van der Waals surface area contributed by atoms with E-state index >= 15 is 0 Å². The quantitative estimate of drug-likeness (QED) is 0.435. The lowest BCUT2D eigenvalue weighted by molar-refractivity contribution is -0.136. The molecule has 2 aromatic carbocycles. The van der Waals surface area contributed by atoms with Crippen LogP contribution in [0.4, 0.5) is 0 Å². The second-order valence-electron chi connectivity index (χ2n) is 9.73. The third-order valence-corrected chi connectivity index (χ3v) is 7.33. The molecule has 0 saturated heterocycles. The van der Waals surface area contributed by atoms with Gasteiger partial charge in [0, 0.05) is 30.4 Å². The van der Waals surface area contributed by atoms with Crippen molar-refractivity contribution in [3.05, 3.63) is 95.3 Å². The topological polar surface area (TPSA) is 25.2 Å². The number of hydrogen-bond acceptors (Lipinski definition) is 1. The molecule has 2 aliphatic carbocycles. The second-order valence-corrected chi connectivity index (χ2v) is 9.73. The number of carbonyl (C=O) groups excluding carboxylic acids is 1. The predicted molar refractivity (Wildman–Crippen MR) is 129 cm³/mol. The van der Waals surface area contributed by atoms with Gasteiger partial charge in [0.2, 0.25) is 5.91 Å². The number of aromatic nitrogens is 1. The predicted octanol–water partition coefficient (Wildman–Crippen LogP) is 6.31. The minimum atomic E-state index is 0.152. The van der Waals surface area contributed by atoms with E-state index in [1.165, 1.54) is 41.6 Å². The molecule has 0 N–H and O–H groups in total. The van der Waals surface area contributed by atoms with E-state index in [1.54, 1.807) is 0 Å². The summed E-state index contributed by atoms with van der Waals surface area (Å²) in [6, 6.07) is 24.0. The van der Waals surface area contributed by atoms with Crippen LogP contribution in [0.2, 0.25) is 0 Å². The Labute approximate surface area is 192 Å². The molecule has 0 radical (unpaired) electrons. The lowest BCUT2D eigenvalue weighted by atomic mass is 9.93. The van der Waals surface area contributed by atoms with E-state index in [2.05, 4.69) is 89.3 Å². The molecule has 2 aliphatic rings. The Morgan fingerprint density at radius 1 is 0.969 bits per heavy atom. The Balaban J connectivity index is 1.35. The molecule has 2 fully saturated rings. The highest BCUT2D eigenvalue weighted by molar-refractivity contribution is 5.83. The molecule has 1 aromatic heterocycles. The number of hydrogen-bond donors (Lipinski definition) is 0. The summed E-state index contributed by atoms with van der Waals surface area (Å²) >= 11 is 0. The fourth-order valence-corrected chi connectivity index (χ4v) is 5.46. The molecule has 3 nitrogen and oxygen atoms in total. The summed E-state index contributed by atoms with van der Waals surface area (Å²) < 4.78 is 2.32. The summed E-state index contributed by atoms with van der Waals surface area (Å²) in [6.07, 6.45) is 9.23. The third-order valence-electron chi connectivity index (χ3n) is 7.33. The summed E-state index contributed by atoms with van der Waals surface area (Å²) in [5.74, 6) is 0.919. The SMILES string of the molecule is Cc1cccc(Cn2cccc2CN(C(=O)[C@@H]2C[C@H]2c2ccccc2)C2CCCCC2)c1. The Bertz CT molecular complexity index is 1050. The van der Waals surface area contributed by atoms with Crippen LogP contribution in [0.1, 0.15) is 66.8 Å². The minimum absolute atomic E-state index is 0.152. The maximum atomic E-state index is 13.7. The van der Waals surface area contributed by atoms with E-state index in [4.69, 9.17) is 0 Å². The smallest absolute Gasteiger partial charge is 0.226 e. The Morgan fingerprint density at radius 2 is 1.78 bits per heavy atom. The van der Waals surface area contributed by atoms with Crippen molar-refractivity contribution in [1.82, 2.24) is 9.47 Å². The van der Waals surface area contributed by atoms with Gasteiger partial charge in [-0.25, -0.2) is 0 Å². The molecule has 2 atom stereocenters. The molecule has 166 valence electrons. The third kappa shape index (κ3) is 4.67. The summed E-state index contributed by atoms with van der Waals surface area (Å²) in [5.41, 5.74) is 5.15. The Morgan fingerprint density at radius 3 is 2.56 bits per heavy atom. The van der Waals surface area contributed by atoms with Gasteiger partial charge in [-0.1, -0.05) is 79.4 Å². The van der Waals surface area contributed by atoms with E-state index in [0.29, 0.717) is 17.9 Å². The maximum absolute atomic E-state index is 13.7. The van der Waals surface area contributed by atoms with Crippen LogP contribution in [0.25, 0.3) is 0 Å². The molecule has 0 aliphatic heterocycles. The van der Waals surface area contributed by atoms with Gasteiger partial charge in [-0.05, 0) is 55.4 Å². The molecule has 0 spiro atoms. The lowest BCUT2D eigenvalue weighted by Crippen LogP contribution is -2.42. The molecule has 0 bridgehead atoms. The van der Waals surface area contributed by atoms with Crippen molar-refractivity contribution in [2.24, 2.45) is 5.92 Å². The first kappa shape index (κ1) is 21.1. The first-order valence-electron chi connectivity index (χ1n) is 12.2. The highest BCUT2D eigenvalue weighted by Gasteiger charge is 2.46. The minimum Gasteiger partial charge on any atom is -0.345 e. The van der Waals surface area contributed by atoms with Crippen molar-refractivity contribution in [3.63, 3.8) is 0 Å². The number of rotatable bonds is 7. The van der Waals surface area contributed by atoms with E-state index < -0.39 is 0 Å². The number of nitrogens with zero attached hydrogens (tertiary/aromatic N) is 2. The van der Waals surface area contributed by atoms with Gasteiger partial charge in [-0.15, -0.1) is 0 Å². The van der Waals surface area contributed by atoms with Crippen LogP contribution >= 0.6 is 0 Å². The van der Waals surface area contributed by atoms with Crippen LogP contribution in [0.15, 0.2) is 72.9 Å². The zero-order valence-corrected chi connectivity index (χ0v) is 19.1. The second kappa shape index (κ2) is 9.36. The summed E-state index contributed by atoms with van der Waals surface area (Å²) in [4.78, 5) is 16.0. The molecule has 0 unspecified atom stereocenters. The normalized spacial score (nSPS) is 20.8. The summed E-state index contributed by atoms with van der Waals surface area (Å²) in [5, 5.41) is 0. The fourth-order valence-electron chi connectivity index (χ4n) is 5.46. The van der Waals surface area contributed by atoms with Crippen molar-refractivity contribution < 1.29 is 4.79 Å². The van der Waals surface area contributed by atoms with Crippen LogP contribution in [0, 0.1) is 12.8 Å². The van der Waals surface area contributed by atoms with E-state index in [9.17, 15) is 4.79 Å². The molecule has 5 rings (SSSR count). The number of aryl methyl sites for hydroxylation is 1. The Hall–Kier alpha value is -2.81. The average Bonchev–Trinajstić information content (AvgIpc) is 3.52. The first-order valence-corrected chi connectivity index (χ1v) is 12.2. The Kier molecular flexibility index (Phi) is 6.16. The van der Waals surface area contributed by atoms with E-state index in [1.807, 2.05) is 0 Å². The van der Waals surface area contributed by atoms with Crippen LogP contribution in [0.3, 0.4) is 0 Å². The maximum Gasteiger partial charge on any atom is 0.226 e. The average molecular weight is 427 g/mol. The van der Waals surface area contributed by atoms with E-state index in [-0.39, 0.29) is 5.92 Å². The monoisotopic (exact) mass is 426 g/mol. The number of carbonyl (C=O) groups is 1. The molecular weight excluding hydrogens is 392 g/mol. The van der Waals surface area contributed by atoms with Crippen molar-refractivity contribution in [2.45, 2.75) is 70.5 Å². The van der Waals surface area contributed by atoms with Crippen molar-refractivity contribution >= 4 is 5.91 Å². The fraction of sp³-hybridized carbons (Fsp3) is 0.414. The number of amides is 1. The molecule has 32 heavy (non-hydrogen) atoms. The number of benzene rings is 2. The van der Waals surface area contributed by atoms with Crippen LogP contribution in [-0.2, 0) is 17.9 Å². The van der Waals surface area contributed by atoms with Crippen molar-refractivity contribution in [1.29, 1.82) is 0 Å². The summed E-state index contributed by atoms with van der Waals surface area (Å²) in [7, 11) is 0. The van der Waals surface area contributed by atoms with Crippen LogP contribution < -0.4 is 0 Å². The first-order chi connectivity index (χ1) is 15.7. The molecule has 2 saturated carbocycles. The van der Waals surface area contributed by atoms with Gasteiger partial charge < -0.3 is 9.47 Å². The molecule has 3 aromatic rings. The lowest BCUT2D eigenvalue weighted by Gasteiger charge is -2.35. The van der Waals surface area contributed by atoms with E-state index in [0.717, 1.165) is 32.4 Å². The van der Waals surface area contributed by atoms with Crippen LogP contribution in [-0.4, -0.2) is 21.4 Å². The van der Waals surface area contributed by atoms with Crippen molar-refractivity contribution in [3.8, 4) is 0 Å². The molecule has 1 amide bonds. The van der Waals surface area contributed by atoms with Gasteiger partial charge in [0.05, 0.1) is 6.54 Å². The van der Waals surface area contributed by atoms with Gasteiger partial charge in [-0.3, -0.25) is 4.79 Å². The largest absolute Gasteiger partial charge is 0.345 e. The van der Waals surface area contributed by atoms with Crippen molar-refractivity contribution in [2.75, 3.05) is 0 Å². The molecule has 1 heterocycles. The standard InChI is InChI=1S/C29H34N2O/c1-22-10-8-11-23(18-22)20-30-17-9-16-26(30)21-31(25-14-6-3-7-15-25)29(32)28-19-27(28)24-12-4-2-5-13-24/h2,4-5,8-13,16-18,25,27-28H,3,6-7,14-15,19-21H2,1H3/t27-,28+/m0/s1. The molecule has 3 heteroatoms. The summed E-state index contributed by atoms with van der Waals surface area (Å²) in [6.45, 7) is 3.72. The van der Waals surface area contributed by atoms with Gasteiger partial charge in [0.1, 0.15) is 0 Å². The van der Waals surface area contributed by atoms with Gasteiger partial charge in [-0.2, -0.15) is 0 Å². The van der Waals surface area contributed by atoms with Gasteiger partial charge in [0.25, 0.3) is 0 Å². The molecular formula is C29H34N2O. The van der Waals surface area contributed by atoms with Crippen LogP contribution in [0.5, 0.6) is 0 Å². The van der Waals surface area contributed by atoms with Gasteiger partial charge in [0.15, 0.2) is 0 Å². The van der Waals surface area contributed by atoms with Gasteiger partial charge >= 0.3 is 0 Å².